The molecule has 0 bridgehead atoms. The first-order valence-electron chi connectivity index (χ1n) is 8.23. The Morgan fingerprint density at radius 1 is 1.26 bits per heavy atom. The number of ether oxygens (including phenoxy) is 2. The van der Waals surface area contributed by atoms with Crippen molar-refractivity contribution < 1.29 is 13.9 Å². The number of fused-ring (bicyclic) bond motifs is 1. The molecule has 23 heavy (non-hydrogen) atoms. The van der Waals surface area contributed by atoms with Gasteiger partial charge in [0, 0.05) is 18.5 Å². The molecule has 0 amide bonds. The fourth-order valence-electron chi connectivity index (χ4n) is 2.34. The van der Waals surface area contributed by atoms with E-state index in [0.29, 0.717) is 13.2 Å². The molecule has 1 atom stereocenters. The Morgan fingerprint density at radius 3 is 2.83 bits per heavy atom. The van der Waals surface area contributed by atoms with Gasteiger partial charge in [0.15, 0.2) is 11.3 Å². The summed E-state index contributed by atoms with van der Waals surface area (Å²) in [5.41, 5.74) is 0.820. The molecule has 1 aromatic heterocycles. The zero-order valence-corrected chi connectivity index (χ0v) is 14.6. The maximum Gasteiger partial charge on any atom is 0.176 e. The number of benzene rings is 1. The van der Waals surface area contributed by atoms with Gasteiger partial charge < -0.3 is 24.1 Å². The van der Waals surface area contributed by atoms with Crippen LogP contribution in [0, 0.1) is 0 Å². The van der Waals surface area contributed by atoms with Gasteiger partial charge in [-0.05, 0) is 40.1 Å². The van der Waals surface area contributed by atoms with Crippen molar-refractivity contribution >= 4 is 11.0 Å². The summed E-state index contributed by atoms with van der Waals surface area (Å²) in [7, 11) is 4.09. The molecule has 0 saturated heterocycles. The second-order valence-electron chi connectivity index (χ2n) is 5.85. The van der Waals surface area contributed by atoms with E-state index in [1.807, 2.05) is 39.2 Å². The topological polar surface area (TPSA) is 46.9 Å². The van der Waals surface area contributed by atoms with E-state index in [4.69, 9.17) is 13.9 Å². The summed E-state index contributed by atoms with van der Waals surface area (Å²) in [5, 5.41) is 4.50. The third-order valence-corrected chi connectivity index (χ3v) is 3.63. The van der Waals surface area contributed by atoms with E-state index in [0.717, 1.165) is 42.2 Å². The molecule has 0 aliphatic carbocycles. The maximum absolute atomic E-state index is 5.99. The lowest BCUT2D eigenvalue weighted by Gasteiger charge is -2.13. The highest BCUT2D eigenvalue weighted by molar-refractivity contribution is 5.83. The average Bonchev–Trinajstić information content (AvgIpc) is 2.96. The molecule has 0 aliphatic heterocycles. The van der Waals surface area contributed by atoms with Crippen LogP contribution in [0.5, 0.6) is 5.75 Å². The summed E-state index contributed by atoms with van der Waals surface area (Å²) in [6, 6.07) is 8.18. The Kier molecular flexibility index (Phi) is 6.89. The van der Waals surface area contributed by atoms with E-state index in [9.17, 15) is 0 Å². The van der Waals surface area contributed by atoms with Gasteiger partial charge in [0.25, 0.3) is 0 Å². The van der Waals surface area contributed by atoms with Crippen LogP contribution in [0.25, 0.3) is 11.0 Å². The fourth-order valence-corrected chi connectivity index (χ4v) is 2.34. The first-order chi connectivity index (χ1) is 11.1. The van der Waals surface area contributed by atoms with E-state index in [1.54, 1.807) is 0 Å². The van der Waals surface area contributed by atoms with Crippen LogP contribution in [0.1, 0.15) is 25.6 Å². The average molecular weight is 320 g/mol. The molecule has 1 heterocycles. The number of likely N-dealkylation sites (N-methyl/N-ethyl adjacent to an activating group) is 1. The Hall–Kier alpha value is -1.56. The summed E-state index contributed by atoms with van der Waals surface area (Å²) in [5.74, 6) is 1.72. The monoisotopic (exact) mass is 320 g/mol. The molecule has 1 aromatic carbocycles. The van der Waals surface area contributed by atoms with Gasteiger partial charge in [0.1, 0.15) is 5.76 Å². The van der Waals surface area contributed by atoms with E-state index in [-0.39, 0.29) is 6.04 Å². The lowest BCUT2D eigenvalue weighted by molar-refractivity contribution is 0.117. The molecule has 2 rings (SSSR count). The number of rotatable bonds is 10. The van der Waals surface area contributed by atoms with Crippen LogP contribution in [0.2, 0.25) is 0 Å². The minimum atomic E-state index is 0.134. The maximum atomic E-state index is 5.99. The number of nitrogens with one attached hydrogen (secondary N) is 1. The van der Waals surface area contributed by atoms with Crippen molar-refractivity contribution in [2.45, 2.75) is 19.9 Å². The van der Waals surface area contributed by atoms with Gasteiger partial charge in [-0.1, -0.05) is 12.1 Å². The van der Waals surface area contributed by atoms with Crippen molar-refractivity contribution in [2.24, 2.45) is 0 Å². The normalized spacial score (nSPS) is 12.9. The predicted octanol–water partition coefficient (Wildman–Crippen LogP) is 3.06. The molecule has 5 nitrogen and oxygen atoms in total. The van der Waals surface area contributed by atoms with Gasteiger partial charge in [0.2, 0.25) is 0 Å². The third-order valence-electron chi connectivity index (χ3n) is 3.63. The predicted molar refractivity (Wildman–Crippen MR) is 93.2 cm³/mol. The van der Waals surface area contributed by atoms with Crippen LogP contribution < -0.4 is 10.1 Å². The quantitative estimate of drug-likeness (QED) is 0.682. The van der Waals surface area contributed by atoms with E-state index in [1.165, 1.54) is 0 Å². The first-order valence-corrected chi connectivity index (χ1v) is 8.23. The molecule has 0 saturated carbocycles. The Bertz CT molecular complexity index is 595. The van der Waals surface area contributed by atoms with E-state index >= 15 is 0 Å². The fraction of sp³-hybridized carbons (Fsp3) is 0.556. The van der Waals surface area contributed by atoms with E-state index < -0.39 is 0 Å². The third kappa shape index (κ3) is 5.23. The molecule has 0 spiro atoms. The first kappa shape index (κ1) is 17.8. The lowest BCUT2D eigenvalue weighted by Crippen LogP contribution is -2.25. The Labute approximate surface area is 138 Å². The molecule has 0 radical (unpaired) electrons. The summed E-state index contributed by atoms with van der Waals surface area (Å²) in [4.78, 5) is 2.11. The number of nitrogens with zero attached hydrogens (tertiary/aromatic N) is 1. The lowest BCUT2D eigenvalue weighted by atomic mass is 10.2. The molecular formula is C18H28N2O3. The van der Waals surface area contributed by atoms with Gasteiger partial charge in [-0.15, -0.1) is 0 Å². The van der Waals surface area contributed by atoms with Crippen LogP contribution in [-0.2, 0) is 4.74 Å². The van der Waals surface area contributed by atoms with Gasteiger partial charge in [0.05, 0.1) is 25.9 Å². The van der Waals surface area contributed by atoms with Crippen LogP contribution in [-0.4, -0.2) is 51.9 Å². The van der Waals surface area contributed by atoms with Gasteiger partial charge in [-0.25, -0.2) is 0 Å². The highest BCUT2D eigenvalue weighted by atomic mass is 16.5. The van der Waals surface area contributed by atoms with Crippen LogP contribution in [0.3, 0.4) is 0 Å². The summed E-state index contributed by atoms with van der Waals surface area (Å²) < 4.78 is 17.2. The number of furan rings is 1. The molecule has 128 valence electrons. The molecule has 5 heteroatoms. The number of para-hydroxylation sites is 1. The largest absolute Gasteiger partial charge is 0.490 e. The minimum absolute atomic E-state index is 0.134. The number of hydrogen-bond donors (Lipinski definition) is 1. The number of hydrogen-bond acceptors (Lipinski definition) is 5. The van der Waals surface area contributed by atoms with E-state index in [2.05, 4.69) is 23.2 Å². The Balaban J connectivity index is 1.86. The van der Waals surface area contributed by atoms with Gasteiger partial charge >= 0.3 is 0 Å². The highest BCUT2D eigenvalue weighted by Crippen LogP contribution is 2.31. The summed E-state index contributed by atoms with van der Waals surface area (Å²) in [6.45, 7) is 7.89. The van der Waals surface area contributed by atoms with Crippen molar-refractivity contribution in [3.05, 3.63) is 30.0 Å². The second-order valence-corrected chi connectivity index (χ2v) is 5.85. The Morgan fingerprint density at radius 2 is 2.09 bits per heavy atom. The van der Waals surface area contributed by atoms with Crippen molar-refractivity contribution in [3.8, 4) is 5.75 Å². The second kappa shape index (κ2) is 8.91. The molecule has 0 aliphatic rings. The van der Waals surface area contributed by atoms with Crippen molar-refractivity contribution in [2.75, 3.05) is 47.0 Å². The summed E-state index contributed by atoms with van der Waals surface area (Å²) >= 11 is 0. The van der Waals surface area contributed by atoms with Crippen LogP contribution >= 0.6 is 0 Å². The summed E-state index contributed by atoms with van der Waals surface area (Å²) in [6.07, 6.45) is 0. The molecule has 0 fully saturated rings. The van der Waals surface area contributed by atoms with Crippen molar-refractivity contribution in [3.63, 3.8) is 0 Å². The van der Waals surface area contributed by atoms with Gasteiger partial charge in [-0.3, -0.25) is 0 Å². The van der Waals surface area contributed by atoms with Crippen LogP contribution in [0.4, 0.5) is 0 Å². The standard InChI is InChI=1S/C18H28N2O3/c1-5-22-16-8-6-7-15-13-17(23-18(15)16)14(2)19-9-11-21-12-10-20(3)4/h6-8,13-14,19H,5,9-12H2,1-4H3. The molecule has 1 N–H and O–H groups in total. The zero-order chi connectivity index (χ0) is 16.7. The molecule has 2 aromatic rings. The highest BCUT2D eigenvalue weighted by Gasteiger charge is 2.13. The minimum Gasteiger partial charge on any atom is -0.490 e. The zero-order valence-electron chi connectivity index (χ0n) is 14.6. The van der Waals surface area contributed by atoms with Gasteiger partial charge in [-0.2, -0.15) is 0 Å². The molecular weight excluding hydrogens is 292 g/mol. The SMILES string of the molecule is CCOc1cccc2cc(C(C)NCCOCCN(C)C)oc12. The van der Waals surface area contributed by atoms with Crippen molar-refractivity contribution in [1.82, 2.24) is 10.2 Å². The molecule has 1 unspecified atom stereocenters. The van der Waals surface area contributed by atoms with Crippen LogP contribution in [0.15, 0.2) is 28.7 Å². The smallest absolute Gasteiger partial charge is 0.176 e. The van der Waals surface area contributed by atoms with Crippen molar-refractivity contribution in [1.29, 1.82) is 0 Å².